The number of hydrogen-bond donors (Lipinski definition) is 1. The van der Waals surface area contributed by atoms with Crippen molar-refractivity contribution in [2.45, 2.75) is 13.0 Å². The lowest BCUT2D eigenvalue weighted by molar-refractivity contribution is 0.573. The molecule has 21 heavy (non-hydrogen) atoms. The number of hydrogen-bond acceptors (Lipinski definition) is 5. The molecule has 0 fully saturated rings. The molecule has 0 aliphatic carbocycles. The lowest BCUT2D eigenvalue weighted by atomic mass is 10.1. The van der Waals surface area contributed by atoms with Gasteiger partial charge in [0.15, 0.2) is 0 Å². The fraction of sp³-hybridized carbons (Fsp3) is 0.188. The van der Waals surface area contributed by atoms with E-state index in [1.54, 1.807) is 17.6 Å². The Kier molecular flexibility index (Phi) is 2.93. The van der Waals surface area contributed by atoms with Gasteiger partial charge in [-0.25, -0.2) is 4.98 Å². The molecular formula is C16H15N3OS. The van der Waals surface area contributed by atoms with E-state index in [1.807, 2.05) is 29.6 Å². The summed E-state index contributed by atoms with van der Waals surface area (Å²) in [5, 5.41) is 2.02. The zero-order chi connectivity index (χ0) is 14.2. The normalized spacial score (nSPS) is 13.6. The Balaban J connectivity index is 1.59. The largest absolute Gasteiger partial charge is 0.443 e. The van der Waals surface area contributed by atoms with Crippen molar-refractivity contribution < 1.29 is 4.42 Å². The van der Waals surface area contributed by atoms with Crippen molar-refractivity contribution in [3.8, 4) is 10.8 Å². The van der Waals surface area contributed by atoms with E-state index in [0.717, 1.165) is 41.5 Å². The van der Waals surface area contributed by atoms with Gasteiger partial charge in [-0.15, -0.1) is 11.3 Å². The lowest BCUT2D eigenvalue weighted by Gasteiger charge is -2.19. The molecule has 3 heterocycles. The second-order valence-electron chi connectivity index (χ2n) is 5.15. The number of benzene rings is 1. The van der Waals surface area contributed by atoms with E-state index in [2.05, 4.69) is 16.0 Å². The molecule has 4 nitrogen and oxygen atoms in total. The summed E-state index contributed by atoms with van der Waals surface area (Å²) < 4.78 is 5.58. The number of thiophene rings is 1. The zero-order valence-electron chi connectivity index (χ0n) is 11.5. The molecule has 0 amide bonds. The van der Waals surface area contributed by atoms with Gasteiger partial charge in [-0.05, 0) is 29.5 Å². The molecule has 2 N–H and O–H groups in total. The van der Waals surface area contributed by atoms with Gasteiger partial charge in [0.05, 0.1) is 28.5 Å². The molecule has 0 radical (unpaired) electrons. The van der Waals surface area contributed by atoms with Crippen LogP contribution in [-0.4, -0.2) is 11.5 Å². The minimum absolute atomic E-state index is 0.695. The second kappa shape index (κ2) is 4.93. The van der Waals surface area contributed by atoms with E-state index in [0.29, 0.717) is 5.89 Å². The average molecular weight is 297 g/mol. The van der Waals surface area contributed by atoms with Crippen molar-refractivity contribution in [1.29, 1.82) is 0 Å². The molecule has 4 rings (SSSR count). The molecule has 1 aromatic carbocycles. The number of nitrogens with two attached hydrogens (primary N) is 1. The van der Waals surface area contributed by atoms with Gasteiger partial charge < -0.3 is 15.1 Å². The zero-order valence-corrected chi connectivity index (χ0v) is 12.3. The quantitative estimate of drug-likeness (QED) is 0.751. The predicted octanol–water partition coefficient (Wildman–Crippen LogP) is 3.55. The molecule has 5 heteroatoms. The van der Waals surface area contributed by atoms with Gasteiger partial charge in [0.1, 0.15) is 6.26 Å². The molecular weight excluding hydrogens is 282 g/mol. The maximum Gasteiger partial charge on any atom is 0.236 e. The van der Waals surface area contributed by atoms with Crippen LogP contribution in [0, 0.1) is 0 Å². The molecule has 2 aromatic heterocycles. The highest BCUT2D eigenvalue weighted by Crippen LogP contribution is 2.34. The number of fused-ring (bicyclic) bond motifs is 1. The Hall–Kier alpha value is -2.27. The summed E-state index contributed by atoms with van der Waals surface area (Å²) in [5.41, 5.74) is 10.4. The summed E-state index contributed by atoms with van der Waals surface area (Å²) in [6, 6.07) is 10.1. The predicted molar refractivity (Wildman–Crippen MR) is 85.4 cm³/mol. The van der Waals surface area contributed by atoms with Crippen molar-refractivity contribution in [2.24, 2.45) is 0 Å². The maximum absolute atomic E-state index is 6.11. The Morgan fingerprint density at radius 1 is 1.29 bits per heavy atom. The minimum atomic E-state index is 0.695. The van der Waals surface area contributed by atoms with Gasteiger partial charge >= 0.3 is 0 Å². The molecule has 1 aliphatic rings. The molecule has 3 aromatic rings. The van der Waals surface area contributed by atoms with Crippen LogP contribution in [0.4, 0.5) is 11.4 Å². The minimum Gasteiger partial charge on any atom is -0.443 e. The van der Waals surface area contributed by atoms with Crippen LogP contribution >= 0.6 is 11.3 Å². The fourth-order valence-electron chi connectivity index (χ4n) is 2.81. The summed E-state index contributed by atoms with van der Waals surface area (Å²) in [6.45, 7) is 1.71. The van der Waals surface area contributed by atoms with Crippen LogP contribution in [0.2, 0.25) is 0 Å². The molecule has 0 atom stereocenters. The number of rotatable bonds is 3. The highest BCUT2D eigenvalue weighted by molar-refractivity contribution is 7.13. The Morgan fingerprint density at radius 2 is 2.24 bits per heavy atom. The van der Waals surface area contributed by atoms with Crippen molar-refractivity contribution in [2.75, 3.05) is 17.2 Å². The van der Waals surface area contributed by atoms with Crippen molar-refractivity contribution >= 4 is 22.7 Å². The first-order chi connectivity index (χ1) is 10.3. The Bertz CT molecular complexity index is 764. The van der Waals surface area contributed by atoms with Crippen LogP contribution in [-0.2, 0) is 13.0 Å². The van der Waals surface area contributed by atoms with E-state index in [-0.39, 0.29) is 0 Å². The average Bonchev–Trinajstić information content (AvgIpc) is 3.19. The van der Waals surface area contributed by atoms with E-state index in [4.69, 9.17) is 10.2 Å². The van der Waals surface area contributed by atoms with Crippen molar-refractivity contribution in [1.82, 2.24) is 4.98 Å². The summed E-state index contributed by atoms with van der Waals surface area (Å²) in [5.74, 6) is 0.695. The maximum atomic E-state index is 6.11. The highest BCUT2D eigenvalue weighted by atomic mass is 32.1. The van der Waals surface area contributed by atoms with E-state index >= 15 is 0 Å². The molecule has 106 valence electrons. The van der Waals surface area contributed by atoms with Crippen LogP contribution in [0.15, 0.2) is 46.4 Å². The number of anilines is 2. The van der Waals surface area contributed by atoms with Crippen LogP contribution < -0.4 is 10.6 Å². The Morgan fingerprint density at radius 3 is 3.10 bits per heavy atom. The number of nitrogen functional groups attached to an aromatic ring is 1. The van der Waals surface area contributed by atoms with Gasteiger partial charge in [0, 0.05) is 6.54 Å². The molecule has 0 spiro atoms. The standard InChI is InChI=1S/C16H15N3OS/c17-13-4-1-3-11-6-7-19(15(11)13)9-12-10-20-16(18-12)14-5-2-8-21-14/h1-5,8,10H,6-7,9,17H2. The van der Waals surface area contributed by atoms with Crippen molar-refractivity contribution in [3.05, 3.63) is 53.2 Å². The number of aromatic nitrogens is 1. The van der Waals surface area contributed by atoms with E-state index < -0.39 is 0 Å². The van der Waals surface area contributed by atoms with Gasteiger partial charge in [-0.1, -0.05) is 18.2 Å². The number of oxazole rings is 1. The number of nitrogens with zero attached hydrogens (tertiary/aromatic N) is 2. The third-order valence-corrected chi connectivity index (χ3v) is 4.61. The van der Waals surface area contributed by atoms with Gasteiger partial charge in [0.25, 0.3) is 0 Å². The molecule has 0 unspecified atom stereocenters. The summed E-state index contributed by atoms with van der Waals surface area (Å²) in [4.78, 5) is 7.92. The number of para-hydroxylation sites is 1. The lowest BCUT2D eigenvalue weighted by Crippen LogP contribution is -2.20. The molecule has 0 saturated heterocycles. The van der Waals surface area contributed by atoms with Crippen LogP contribution in [0.25, 0.3) is 10.8 Å². The first-order valence-corrected chi connectivity index (χ1v) is 7.80. The molecule has 0 saturated carbocycles. The van der Waals surface area contributed by atoms with E-state index in [1.165, 1.54) is 5.56 Å². The topological polar surface area (TPSA) is 55.3 Å². The van der Waals surface area contributed by atoms with Crippen molar-refractivity contribution in [3.63, 3.8) is 0 Å². The Labute approximate surface area is 126 Å². The van der Waals surface area contributed by atoms with Gasteiger partial charge in [-0.2, -0.15) is 0 Å². The monoisotopic (exact) mass is 297 g/mol. The smallest absolute Gasteiger partial charge is 0.236 e. The molecule has 0 bridgehead atoms. The van der Waals surface area contributed by atoms with Gasteiger partial charge in [0.2, 0.25) is 5.89 Å². The van der Waals surface area contributed by atoms with Crippen LogP contribution in [0.5, 0.6) is 0 Å². The summed E-state index contributed by atoms with van der Waals surface area (Å²) in [7, 11) is 0. The second-order valence-corrected chi connectivity index (χ2v) is 6.10. The molecule has 1 aliphatic heterocycles. The fourth-order valence-corrected chi connectivity index (χ4v) is 3.47. The SMILES string of the molecule is Nc1cccc2c1N(Cc1coc(-c3cccs3)n1)CC2. The van der Waals surface area contributed by atoms with Gasteiger partial charge in [-0.3, -0.25) is 0 Å². The summed E-state index contributed by atoms with van der Waals surface area (Å²) >= 11 is 1.63. The van der Waals surface area contributed by atoms with Crippen LogP contribution in [0.1, 0.15) is 11.3 Å². The van der Waals surface area contributed by atoms with E-state index in [9.17, 15) is 0 Å². The first-order valence-electron chi connectivity index (χ1n) is 6.92. The van der Waals surface area contributed by atoms with Crippen LogP contribution in [0.3, 0.4) is 0 Å². The summed E-state index contributed by atoms with van der Waals surface area (Å²) in [6.07, 6.45) is 2.78. The third kappa shape index (κ3) is 2.19. The third-order valence-electron chi connectivity index (χ3n) is 3.75. The first kappa shape index (κ1) is 12.5. The highest BCUT2D eigenvalue weighted by Gasteiger charge is 2.22.